The van der Waals surface area contributed by atoms with Gasteiger partial charge in [-0.3, -0.25) is 14.5 Å². The molecule has 182 valence electrons. The van der Waals surface area contributed by atoms with E-state index in [2.05, 4.69) is 11.4 Å². The highest BCUT2D eigenvalue weighted by Gasteiger charge is 2.21. The Labute approximate surface area is 204 Å². The van der Waals surface area contributed by atoms with Gasteiger partial charge in [0.05, 0.1) is 25.6 Å². The van der Waals surface area contributed by atoms with Crippen LogP contribution in [0, 0.1) is 31.0 Å². The molecule has 35 heavy (non-hydrogen) atoms. The molecule has 0 bridgehead atoms. The van der Waals surface area contributed by atoms with Gasteiger partial charge >= 0.3 is 5.97 Å². The van der Waals surface area contributed by atoms with Gasteiger partial charge in [-0.1, -0.05) is 42.5 Å². The predicted molar refractivity (Wildman–Crippen MR) is 131 cm³/mol. The Morgan fingerprint density at radius 3 is 2.40 bits per heavy atom. The monoisotopic (exact) mass is 476 g/mol. The summed E-state index contributed by atoms with van der Waals surface area (Å²) in [5.74, 6) is -0.579. The van der Waals surface area contributed by atoms with Crippen molar-refractivity contribution in [1.29, 1.82) is 5.26 Å². The molecule has 1 heterocycles. The fraction of sp³-hybridized carbons (Fsp3) is 0.296. The first kappa shape index (κ1) is 25.7. The number of ether oxygens (including phenoxy) is 1. The van der Waals surface area contributed by atoms with Gasteiger partial charge in [-0.15, -0.1) is 0 Å². The number of methoxy groups -OCH3 is 1. The molecule has 0 aliphatic carbocycles. The molecule has 3 rings (SSSR count). The Morgan fingerprint density at radius 1 is 1.09 bits per heavy atom. The van der Waals surface area contributed by atoms with Crippen LogP contribution in [-0.4, -0.2) is 41.5 Å². The second-order valence-electron chi connectivity index (χ2n) is 8.33. The van der Waals surface area contributed by atoms with E-state index in [0.29, 0.717) is 31.0 Å². The zero-order valence-electron chi connectivity index (χ0n) is 20.2. The van der Waals surface area contributed by atoms with E-state index in [4.69, 9.17) is 4.74 Å². The van der Waals surface area contributed by atoms with E-state index < -0.39 is 0 Å². The van der Waals surface area contributed by atoms with E-state index in [0.717, 1.165) is 22.4 Å². The van der Waals surface area contributed by atoms with Crippen LogP contribution in [-0.2, 0) is 27.4 Å². The summed E-state index contributed by atoms with van der Waals surface area (Å²) in [4.78, 5) is 26.7. The van der Waals surface area contributed by atoms with Gasteiger partial charge < -0.3 is 14.6 Å². The first-order valence-corrected chi connectivity index (χ1v) is 11.3. The standard InChI is InChI=1S/C27H29FN4O3/c1-19-20(2)32(17-22-9-11-23(28)12-10-22)27(24(19)15-29)30-25(33)18-31(14-13-26(34)35-3)16-21-7-5-4-6-8-21/h4-12H,13-14,16-18H2,1-3H3,(H,30,33). The van der Waals surface area contributed by atoms with Crippen molar-refractivity contribution in [3.05, 3.63) is 88.4 Å². The fourth-order valence-corrected chi connectivity index (χ4v) is 3.88. The number of halogens is 1. The van der Waals surface area contributed by atoms with Crippen molar-refractivity contribution < 1.29 is 18.7 Å². The van der Waals surface area contributed by atoms with Crippen molar-refractivity contribution in [2.45, 2.75) is 33.4 Å². The summed E-state index contributed by atoms with van der Waals surface area (Å²) in [6.45, 7) is 4.94. The third kappa shape index (κ3) is 6.78. The van der Waals surface area contributed by atoms with E-state index >= 15 is 0 Å². The molecular weight excluding hydrogens is 447 g/mol. The highest BCUT2D eigenvalue weighted by molar-refractivity contribution is 5.93. The molecule has 0 saturated heterocycles. The minimum Gasteiger partial charge on any atom is -0.469 e. The molecule has 0 radical (unpaired) electrons. The van der Waals surface area contributed by atoms with Crippen LogP contribution in [0.2, 0.25) is 0 Å². The predicted octanol–water partition coefficient (Wildman–Crippen LogP) is 4.17. The molecule has 0 atom stereocenters. The number of hydrogen-bond donors (Lipinski definition) is 1. The molecule has 0 unspecified atom stereocenters. The molecule has 0 fully saturated rings. The number of nitrogens with zero attached hydrogens (tertiary/aromatic N) is 3. The Bertz CT molecular complexity index is 1210. The molecule has 8 heteroatoms. The molecule has 7 nitrogen and oxygen atoms in total. The zero-order chi connectivity index (χ0) is 25.4. The first-order valence-electron chi connectivity index (χ1n) is 11.3. The highest BCUT2D eigenvalue weighted by atomic mass is 19.1. The summed E-state index contributed by atoms with van der Waals surface area (Å²) in [5.41, 5.74) is 3.86. The lowest BCUT2D eigenvalue weighted by Crippen LogP contribution is -2.35. The number of nitriles is 1. The number of carbonyl (C=O) groups is 2. The molecule has 1 N–H and O–H groups in total. The Kier molecular flexibility index (Phi) is 8.76. The van der Waals surface area contributed by atoms with E-state index in [1.54, 1.807) is 12.1 Å². The van der Waals surface area contributed by atoms with Crippen LogP contribution in [0.4, 0.5) is 10.2 Å². The minimum absolute atomic E-state index is 0.0244. The Balaban J connectivity index is 1.81. The summed E-state index contributed by atoms with van der Waals surface area (Å²) in [6, 6.07) is 18.0. The van der Waals surface area contributed by atoms with Gasteiger partial charge in [-0.05, 0) is 42.7 Å². The topological polar surface area (TPSA) is 87.4 Å². The minimum atomic E-state index is -0.352. The lowest BCUT2D eigenvalue weighted by atomic mass is 10.2. The van der Waals surface area contributed by atoms with Crippen molar-refractivity contribution >= 4 is 17.7 Å². The van der Waals surface area contributed by atoms with Gasteiger partial charge in [0.2, 0.25) is 5.91 Å². The number of aromatic nitrogens is 1. The van der Waals surface area contributed by atoms with Gasteiger partial charge in [0, 0.05) is 25.3 Å². The van der Waals surface area contributed by atoms with Crippen molar-refractivity contribution in [2.24, 2.45) is 0 Å². The van der Waals surface area contributed by atoms with Crippen LogP contribution in [0.25, 0.3) is 0 Å². The highest BCUT2D eigenvalue weighted by Crippen LogP contribution is 2.27. The molecule has 0 spiro atoms. The quantitative estimate of drug-likeness (QED) is 0.444. The molecule has 0 aliphatic rings. The molecule has 3 aromatic rings. The fourth-order valence-electron chi connectivity index (χ4n) is 3.88. The van der Waals surface area contributed by atoms with E-state index in [-0.39, 0.29) is 30.7 Å². The molecule has 1 amide bonds. The Hall–Kier alpha value is -3.96. The van der Waals surface area contributed by atoms with E-state index in [1.165, 1.54) is 19.2 Å². The number of nitrogens with one attached hydrogen (secondary N) is 1. The lowest BCUT2D eigenvalue weighted by molar-refractivity contribution is -0.141. The van der Waals surface area contributed by atoms with Crippen molar-refractivity contribution in [3.63, 3.8) is 0 Å². The Morgan fingerprint density at radius 2 is 1.77 bits per heavy atom. The molecule has 1 aromatic heterocycles. The average Bonchev–Trinajstić information content (AvgIpc) is 3.07. The second kappa shape index (κ2) is 12.0. The van der Waals surface area contributed by atoms with Crippen molar-refractivity contribution in [2.75, 3.05) is 25.5 Å². The van der Waals surface area contributed by atoms with Crippen LogP contribution < -0.4 is 5.32 Å². The number of anilines is 1. The van der Waals surface area contributed by atoms with Gasteiger partial charge in [0.1, 0.15) is 17.7 Å². The van der Waals surface area contributed by atoms with Gasteiger partial charge in [0.15, 0.2) is 0 Å². The number of benzene rings is 2. The lowest BCUT2D eigenvalue weighted by Gasteiger charge is -2.22. The van der Waals surface area contributed by atoms with Crippen LogP contribution in [0.1, 0.15) is 34.4 Å². The van der Waals surface area contributed by atoms with Crippen LogP contribution in [0.15, 0.2) is 54.6 Å². The molecular formula is C27H29FN4O3. The van der Waals surface area contributed by atoms with Crippen LogP contribution in [0.3, 0.4) is 0 Å². The van der Waals surface area contributed by atoms with Gasteiger partial charge in [-0.2, -0.15) is 5.26 Å². The van der Waals surface area contributed by atoms with Crippen LogP contribution in [0.5, 0.6) is 0 Å². The average molecular weight is 477 g/mol. The maximum absolute atomic E-state index is 13.4. The third-order valence-electron chi connectivity index (χ3n) is 5.93. The summed E-state index contributed by atoms with van der Waals surface area (Å²) in [5, 5.41) is 12.7. The number of carbonyl (C=O) groups excluding carboxylic acids is 2. The van der Waals surface area contributed by atoms with Crippen molar-refractivity contribution in [3.8, 4) is 6.07 Å². The number of amides is 1. The summed E-state index contributed by atoms with van der Waals surface area (Å²) in [6.07, 6.45) is 0.152. The molecule has 0 saturated carbocycles. The second-order valence-corrected chi connectivity index (χ2v) is 8.33. The first-order chi connectivity index (χ1) is 16.8. The molecule has 0 aliphatic heterocycles. The van der Waals surface area contributed by atoms with Crippen LogP contribution >= 0.6 is 0 Å². The van der Waals surface area contributed by atoms with E-state index in [1.807, 2.05) is 53.6 Å². The summed E-state index contributed by atoms with van der Waals surface area (Å²) in [7, 11) is 1.33. The number of esters is 1. The normalized spacial score (nSPS) is 10.7. The largest absolute Gasteiger partial charge is 0.469 e. The molecule has 2 aromatic carbocycles. The third-order valence-corrected chi connectivity index (χ3v) is 5.93. The van der Waals surface area contributed by atoms with Gasteiger partial charge in [0.25, 0.3) is 0 Å². The maximum Gasteiger partial charge on any atom is 0.306 e. The van der Waals surface area contributed by atoms with Crippen molar-refractivity contribution in [1.82, 2.24) is 9.47 Å². The number of rotatable bonds is 10. The summed E-state index contributed by atoms with van der Waals surface area (Å²) < 4.78 is 20.0. The smallest absolute Gasteiger partial charge is 0.306 e. The summed E-state index contributed by atoms with van der Waals surface area (Å²) >= 11 is 0. The zero-order valence-corrected chi connectivity index (χ0v) is 20.2. The SMILES string of the molecule is COC(=O)CCN(CC(=O)Nc1c(C#N)c(C)c(C)n1Cc1ccc(F)cc1)Cc1ccccc1. The number of hydrogen-bond acceptors (Lipinski definition) is 5. The van der Waals surface area contributed by atoms with Gasteiger partial charge in [-0.25, -0.2) is 4.39 Å². The maximum atomic E-state index is 13.4. The van der Waals surface area contributed by atoms with E-state index in [9.17, 15) is 19.2 Å².